The molecule has 2 heterocycles. The van der Waals surface area contributed by atoms with Crippen molar-refractivity contribution in [2.24, 2.45) is 0 Å². The van der Waals surface area contributed by atoms with Crippen LogP contribution in [-0.2, 0) is 6.54 Å². The van der Waals surface area contributed by atoms with Crippen molar-refractivity contribution < 1.29 is 0 Å². The van der Waals surface area contributed by atoms with E-state index < -0.39 is 0 Å². The van der Waals surface area contributed by atoms with Crippen molar-refractivity contribution in [1.29, 1.82) is 0 Å². The van der Waals surface area contributed by atoms with Crippen LogP contribution in [0.4, 0.5) is 5.82 Å². The van der Waals surface area contributed by atoms with E-state index in [1.807, 2.05) is 14.0 Å². The number of hydrogen-bond acceptors (Lipinski definition) is 4. The van der Waals surface area contributed by atoms with Crippen molar-refractivity contribution in [3.63, 3.8) is 0 Å². The smallest absolute Gasteiger partial charge is 0.134 e. The van der Waals surface area contributed by atoms with Gasteiger partial charge >= 0.3 is 0 Å². The zero-order valence-corrected chi connectivity index (χ0v) is 10.7. The van der Waals surface area contributed by atoms with E-state index in [9.17, 15) is 0 Å². The molecule has 2 aromatic rings. The second kappa shape index (κ2) is 4.80. The number of thiophene rings is 1. The molecule has 0 N–H and O–H groups in total. The van der Waals surface area contributed by atoms with Gasteiger partial charge in [-0.05, 0) is 29.3 Å². The van der Waals surface area contributed by atoms with Crippen LogP contribution < -0.4 is 4.90 Å². The van der Waals surface area contributed by atoms with Gasteiger partial charge in [0, 0.05) is 19.7 Å². The Morgan fingerprint density at radius 1 is 1.44 bits per heavy atom. The Morgan fingerprint density at radius 2 is 2.25 bits per heavy atom. The Balaban J connectivity index is 2.17. The van der Waals surface area contributed by atoms with Crippen LogP contribution in [0.3, 0.4) is 0 Å². The number of rotatable bonds is 3. The second-order valence-corrected chi connectivity index (χ2v) is 4.75. The van der Waals surface area contributed by atoms with Gasteiger partial charge in [-0.1, -0.05) is 11.6 Å². The minimum Gasteiger partial charge on any atom is -0.355 e. The predicted octanol–water partition coefficient (Wildman–Crippen LogP) is 3.14. The molecule has 5 heteroatoms. The van der Waals surface area contributed by atoms with Crippen molar-refractivity contribution in [1.82, 2.24) is 9.97 Å². The van der Waals surface area contributed by atoms with Crippen molar-refractivity contribution >= 4 is 28.8 Å². The quantitative estimate of drug-likeness (QED) is 0.787. The van der Waals surface area contributed by atoms with E-state index in [1.54, 1.807) is 17.4 Å². The number of anilines is 1. The van der Waals surface area contributed by atoms with Gasteiger partial charge in [0.2, 0.25) is 0 Å². The van der Waals surface area contributed by atoms with Crippen molar-refractivity contribution in [3.05, 3.63) is 39.4 Å². The Morgan fingerprint density at radius 3 is 2.88 bits per heavy atom. The first-order valence-electron chi connectivity index (χ1n) is 4.88. The van der Waals surface area contributed by atoms with E-state index >= 15 is 0 Å². The van der Waals surface area contributed by atoms with E-state index in [0.29, 0.717) is 11.0 Å². The maximum Gasteiger partial charge on any atom is 0.134 e. The summed E-state index contributed by atoms with van der Waals surface area (Å²) in [6.07, 6.45) is 0. The highest BCUT2D eigenvalue weighted by atomic mass is 35.5. The minimum atomic E-state index is 0.486. The van der Waals surface area contributed by atoms with Gasteiger partial charge in [0.1, 0.15) is 16.8 Å². The average Bonchev–Trinajstić information content (AvgIpc) is 2.68. The third kappa shape index (κ3) is 2.71. The monoisotopic (exact) mass is 253 g/mol. The maximum absolute atomic E-state index is 5.90. The molecule has 0 spiro atoms. The molecule has 0 bridgehead atoms. The molecular weight excluding hydrogens is 242 g/mol. The molecule has 0 atom stereocenters. The first-order valence-corrected chi connectivity index (χ1v) is 6.20. The van der Waals surface area contributed by atoms with Gasteiger partial charge < -0.3 is 4.90 Å². The molecule has 2 rings (SSSR count). The van der Waals surface area contributed by atoms with Crippen LogP contribution in [0.5, 0.6) is 0 Å². The SMILES string of the molecule is Cc1nc(Cl)cc(N(C)Cc2ccsc2)n1. The fraction of sp³-hybridized carbons (Fsp3) is 0.273. The molecule has 0 saturated carbocycles. The fourth-order valence-corrected chi connectivity index (χ4v) is 2.33. The molecule has 84 valence electrons. The Labute approximate surface area is 104 Å². The first-order chi connectivity index (χ1) is 7.65. The van der Waals surface area contributed by atoms with E-state index in [2.05, 4.69) is 31.7 Å². The van der Waals surface area contributed by atoms with Gasteiger partial charge in [-0.2, -0.15) is 11.3 Å². The number of aryl methyl sites for hydroxylation is 1. The van der Waals surface area contributed by atoms with Gasteiger partial charge in [-0.15, -0.1) is 0 Å². The van der Waals surface area contributed by atoms with Crippen LogP contribution in [-0.4, -0.2) is 17.0 Å². The number of halogens is 1. The fourth-order valence-electron chi connectivity index (χ4n) is 1.45. The lowest BCUT2D eigenvalue weighted by Gasteiger charge is -2.17. The van der Waals surface area contributed by atoms with Gasteiger partial charge in [-0.25, -0.2) is 9.97 Å². The van der Waals surface area contributed by atoms with Crippen LogP contribution in [0.1, 0.15) is 11.4 Å². The lowest BCUT2D eigenvalue weighted by molar-refractivity contribution is 0.882. The Bertz CT molecular complexity index is 450. The van der Waals surface area contributed by atoms with Gasteiger partial charge in [-0.3, -0.25) is 0 Å². The van der Waals surface area contributed by atoms with E-state index in [1.165, 1.54) is 5.56 Å². The molecule has 0 radical (unpaired) electrons. The third-order valence-corrected chi connectivity index (χ3v) is 3.11. The first kappa shape index (κ1) is 11.4. The molecule has 16 heavy (non-hydrogen) atoms. The number of aromatic nitrogens is 2. The van der Waals surface area contributed by atoms with Crippen LogP contribution in [0.25, 0.3) is 0 Å². The molecule has 0 unspecified atom stereocenters. The van der Waals surface area contributed by atoms with Crippen LogP contribution >= 0.6 is 22.9 Å². The van der Waals surface area contributed by atoms with Crippen LogP contribution in [0.15, 0.2) is 22.9 Å². The molecule has 0 aromatic carbocycles. The summed E-state index contributed by atoms with van der Waals surface area (Å²) in [6.45, 7) is 2.67. The lowest BCUT2D eigenvalue weighted by atomic mass is 10.3. The average molecular weight is 254 g/mol. The molecule has 0 saturated heterocycles. The van der Waals surface area contributed by atoms with Gasteiger partial charge in [0.15, 0.2) is 0 Å². The second-order valence-electron chi connectivity index (χ2n) is 3.58. The summed E-state index contributed by atoms with van der Waals surface area (Å²) in [7, 11) is 2.00. The predicted molar refractivity (Wildman–Crippen MR) is 68.2 cm³/mol. The van der Waals surface area contributed by atoms with Crippen molar-refractivity contribution in [3.8, 4) is 0 Å². The summed E-state index contributed by atoms with van der Waals surface area (Å²) in [5, 5.41) is 4.69. The highest BCUT2D eigenvalue weighted by molar-refractivity contribution is 7.07. The summed E-state index contributed by atoms with van der Waals surface area (Å²) >= 11 is 7.60. The zero-order chi connectivity index (χ0) is 11.5. The molecule has 0 aliphatic carbocycles. The largest absolute Gasteiger partial charge is 0.355 e. The third-order valence-electron chi connectivity index (χ3n) is 2.18. The summed E-state index contributed by atoms with van der Waals surface area (Å²) in [5.41, 5.74) is 1.28. The van der Waals surface area contributed by atoms with E-state index in [0.717, 1.165) is 12.4 Å². The summed E-state index contributed by atoms with van der Waals surface area (Å²) in [5.74, 6) is 1.54. The highest BCUT2D eigenvalue weighted by Gasteiger charge is 2.06. The standard InChI is InChI=1S/C11H12ClN3S/c1-8-13-10(12)5-11(14-8)15(2)6-9-3-4-16-7-9/h3-5,7H,6H2,1-2H3. The number of hydrogen-bond donors (Lipinski definition) is 0. The molecule has 2 aromatic heterocycles. The van der Waals surface area contributed by atoms with Crippen molar-refractivity contribution in [2.75, 3.05) is 11.9 Å². The maximum atomic E-state index is 5.90. The van der Waals surface area contributed by atoms with Crippen LogP contribution in [0.2, 0.25) is 5.15 Å². The molecule has 0 aliphatic rings. The minimum absolute atomic E-state index is 0.486. The molecule has 0 amide bonds. The topological polar surface area (TPSA) is 29.0 Å². The van der Waals surface area contributed by atoms with Crippen LogP contribution in [0, 0.1) is 6.92 Å². The van der Waals surface area contributed by atoms with E-state index in [-0.39, 0.29) is 0 Å². The molecule has 0 aliphatic heterocycles. The Hall–Kier alpha value is -1.13. The molecule has 0 fully saturated rings. The zero-order valence-electron chi connectivity index (χ0n) is 9.14. The normalized spacial score (nSPS) is 10.4. The lowest BCUT2D eigenvalue weighted by Crippen LogP contribution is -2.17. The Kier molecular flexibility index (Phi) is 3.41. The summed E-state index contributed by atoms with van der Waals surface area (Å²) in [4.78, 5) is 10.4. The van der Waals surface area contributed by atoms with Gasteiger partial charge in [0.05, 0.1) is 0 Å². The molecular formula is C11H12ClN3S. The summed E-state index contributed by atoms with van der Waals surface area (Å²) in [6, 6.07) is 3.89. The van der Waals surface area contributed by atoms with Crippen molar-refractivity contribution in [2.45, 2.75) is 13.5 Å². The number of nitrogens with zero attached hydrogens (tertiary/aromatic N) is 3. The highest BCUT2D eigenvalue weighted by Crippen LogP contribution is 2.17. The molecule has 3 nitrogen and oxygen atoms in total. The van der Waals surface area contributed by atoms with E-state index in [4.69, 9.17) is 11.6 Å². The summed E-state index contributed by atoms with van der Waals surface area (Å²) < 4.78 is 0. The van der Waals surface area contributed by atoms with Gasteiger partial charge in [0.25, 0.3) is 0 Å².